The molecule has 2 atom stereocenters. The van der Waals surface area contributed by atoms with Gasteiger partial charge in [0.2, 0.25) is 0 Å². The summed E-state index contributed by atoms with van der Waals surface area (Å²) in [6.45, 7) is 7.69. The third-order valence-electron chi connectivity index (χ3n) is 7.22. The molecule has 0 bridgehead atoms. The van der Waals surface area contributed by atoms with Gasteiger partial charge in [-0.25, -0.2) is 18.1 Å². The fraction of sp³-hybridized carbons (Fsp3) is 0.500. The number of carbonyl (C=O) groups excluding carboxylic acids is 1. The number of amides is 1. The van der Waals surface area contributed by atoms with Crippen LogP contribution in [0.5, 0.6) is 0 Å². The van der Waals surface area contributed by atoms with Gasteiger partial charge in [-0.1, -0.05) is 38.1 Å². The molecule has 8 heteroatoms. The predicted molar refractivity (Wildman–Crippen MR) is 134 cm³/mol. The molecule has 180 valence electrons. The van der Waals surface area contributed by atoms with Gasteiger partial charge in [0.15, 0.2) is 15.5 Å². The minimum atomic E-state index is -3.09. The Morgan fingerprint density at radius 1 is 1.18 bits per heavy atom. The number of piperidine rings is 1. The van der Waals surface area contributed by atoms with Gasteiger partial charge < -0.3 is 4.90 Å². The molecular weight excluding hydrogens is 448 g/mol. The number of hydrogen-bond acceptors (Lipinski definition) is 5. The number of aryl methyl sites for hydroxylation is 2. The standard InChI is InChI=1S/C26H32N4O3S/c1-4-19-7-9-20(10-8-19)23-14-22(26(31)29-12-5-6-17(2)15-29)24-18(3)28-30(25(24)27-23)21-11-13-34(32,33)16-21/h7-10,14,17,21H,4-6,11-13,15-16H2,1-3H3. The van der Waals surface area contributed by atoms with Crippen LogP contribution in [-0.2, 0) is 16.3 Å². The summed E-state index contributed by atoms with van der Waals surface area (Å²) >= 11 is 0. The van der Waals surface area contributed by atoms with Crippen LogP contribution in [0.4, 0.5) is 0 Å². The van der Waals surface area contributed by atoms with Gasteiger partial charge in [0.05, 0.1) is 39.9 Å². The third-order valence-corrected chi connectivity index (χ3v) is 8.97. The highest BCUT2D eigenvalue weighted by molar-refractivity contribution is 7.91. The van der Waals surface area contributed by atoms with E-state index in [1.54, 1.807) is 4.68 Å². The highest BCUT2D eigenvalue weighted by Crippen LogP contribution is 2.33. The molecule has 1 aromatic carbocycles. The first-order chi connectivity index (χ1) is 16.3. The summed E-state index contributed by atoms with van der Waals surface area (Å²) in [5.74, 6) is 0.705. The largest absolute Gasteiger partial charge is 0.338 e. The summed E-state index contributed by atoms with van der Waals surface area (Å²) in [7, 11) is -3.09. The first kappa shape index (κ1) is 23.0. The van der Waals surface area contributed by atoms with Crippen LogP contribution in [0.15, 0.2) is 30.3 Å². The van der Waals surface area contributed by atoms with Crippen molar-refractivity contribution in [2.45, 2.75) is 52.5 Å². The molecule has 0 radical (unpaired) electrons. The molecule has 2 saturated heterocycles. The Balaban J connectivity index is 1.68. The molecule has 2 aliphatic rings. The zero-order valence-electron chi connectivity index (χ0n) is 20.1. The first-order valence-corrected chi connectivity index (χ1v) is 14.1. The molecule has 0 aliphatic carbocycles. The van der Waals surface area contributed by atoms with Gasteiger partial charge in [-0.15, -0.1) is 0 Å². The third kappa shape index (κ3) is 4.24. The van der Waals surface area contributed by atoms with Crippen LogP contribution >= 0.6 is 0 Å². The maximum Gasteiger partial charge on any atom is 0.254 e. The maximum absolute atomic E-state index is 13.8. The van der Waals surface area contributed by atoms with Crippen molar-refractivity contribution < 1.29 is 13.2 Å². The average Bonchev–Trinajstić information content (AvgIpc) is 3.36. The van der Waals surface area contributed by atoms with E-state index in [9.17, 15) is 13.2 Å². The lowest BCUT2D eigenvalue weighted by molar-refractivity contribution is 0.0685. The van der Waals surface area contributed by atoms with E-state index in [0.29, 0.717) is 34.9 Å². The molecule has 7 nitrogen and oxygen atoms in total. The number of hydrogen-bond donors (Lipinski definition) is 0. The van der Waals surface area contributed by atoms with Gasteiger partial charge in [0.25, 0.3) is 5.91 Å². The van der Waals surface area contributed by atoms with Crippen LogP contribution in [0.2, 0.25) is 0 Å². The number of carbonyl (C=O) groups is 1. The molecule has 2 fully saturated rings. The zero-order valence-corrected chi connectivity index (χ0v) is 20.9. The summed E-state index contributed by atoms with van der Waals surface area (Å²) in [4.78, 5) is 20.7. The van der Waals surface area contributed by atoms with Crippen LogP contribution in [0.1, 0.15) is 60.8 Å². The molecule has 2 aromatic heterocycles. The minimum Gasteiger partial charge on any atom is -0.338 e. The Kier molecular flexibility index (Phi) is 5.96. The first-order valence-electron chi connectivity index (χ1n) is 12.2. The van der Waals surface area contributed by atoms with Crippen LogP contribution in [0.25, 0.3) is 22.3 Å². The molecule has 34 heavy (non-hydrogen) atoms. The monoisotopic (exact) mass is 480 g/mol. The molecule has 2 unspecified atom stereocenters. The molecular formula is C26H32N4O3S. The van der Waals surface area contributed by atoms with E-state index in [1.165, 1.54) is 5.56 Å². The fourth-order valence-corrected chi connectivity index (χ4v) is 7.00. The number of rotatable bonds is 4. The lowest BCUT2D eigenvalue weighted by Crippen LogP contribution is -2.39. The molecule has 0 spiro atoms. The zero-order chi connectivity index (χ0) is 24.0. The summed E-state index contributed by atoms with van der Waals surface area (Å²) in [5.41, 5.74) is 4.81. The van der Waals surface area contributed by atoms with Crippen molar-refractivity contribution in [2.75, 3.05) is 24.6 Å². The van der Waals surface area contributed by atoms with Gasteiger partial charge in [0.1, 0.15) is 0 Å². The van der Waals surface area contributed by atoms with E-state index in [2.05, 4.69) is 26.0 Å². The van der Waals surface area contributed by atoms with Gasteiger partial charge in [0, 0.05) is 18.7 Å². The van der Waals surface area contributed by atoms with Crippen molar-refractivity contribution in [3.05, 3.63) is 47.2 Å². The molecule has 5 rings (SSSR count). The van der Waals surface area contributed by atoms with Crippen LogP contribution in [0.3, 0.4) is 0 Å². The molecule has 0 saturated carbocycles. The number of aromatic nitrogens is 3. The Morgan fingerprint density at radius 2 is 1.94 bits per heavy atom. The van der Waals surface area contributed by atoms with Crippen molar-refractivity contribution in [1.29, 1.82) is 0 Å². The van der Waals surface area contributed by atoms with Crippen molar-refractivity contribution >= 4 is 26.8 Å². The molecule has 0 N–H and O–H groups in total. The van der Waals surface area contributed by atoms with Gasteiger partial charge in [-0.3, -0.25) is 4.79 Å². The Labute approximate surface area is 201 Å². The Bertz CT molecular complexity index is 1340. The predicted octanol–water partition coefficient (Wildman–Crippen LogP) is 4.20. The van der Waals surface area contributed by atoms with E-state index >= 15 is 0 Å². The highest BCUT2D eigenvalue weighted by Gasteiger charge is 2.33. The molecule has 2 aliphatic heterocycles. The van der Waals surface area contributed by atoms with Crippen molar-refractivity contribution in [3.8, 4) is 11.3 Å². The number of benzene rings is 1. The topological polar surface area (TPSA) is 85.2 Å². The summed E-state index contributed by atoms with van der Waals surface area (Å²) in [6, 6.07) is 9.89. The second-order valence-corrected chi connectivity index (χ2v) is 12.1. The number of likely N-dealkylation sites (tertiary alicyclic amines) is 1. The minimum absolute atomic E-state index is 0.00655. The SMILES string of the molecule is CCc1ccc(-c2cc(C(=O)N3CCCC(C)C3)c3c(C)nn(C4CCS(=O)(=O)C4)c3n2)cc1. The Morgan fingerprint density at radius 3 is 2.59 bits per heavy atom. The van der Waals surface area contributed by atoms with E-state index in [4.69, 9.17) is 10.1 Å². The van der Waals surface area contributed by atoms with Crippen LogP contribution < -0.4 is 0 Å². The lowest BCUT2D eigenvalue weighted by Gasteiger charge is -2.31. The van der Waals surface area contributed by atoms with Crippen molar-refractivity contribution in [2.24, 2.45) is 5.92 Å². The maximum atomic E-state index is 13.8. The number of sulfone groups is 1. The van der Waals surface area contributed by atoms with Gasteiger partial charge >= 0.3 is 0 Å². The average molecular weight is 481 g/mol. The van der Waals surface area contributed by atoms with Crippen molar-refractivity contribution in [1.82, 2.24) is 19.7 Å². The summed E-state index contributed by atoms with van der Waals surface area (Å²) in [6.07, 6.45) is 3.61. The number of pyridine rings is 1. The molecule has 1 amide bonds. The molecule has 3 aromatic rings. The Hall–Kier alpha value is -2.74. The van der Waals surface area contributed by atoms with Crippen LogP contribution in [-0.4, -0.2) is 58.6 Å². The van der Waals surface area contributed by atoms with Gasteiger partial charge in [-0.2, -0.15) is 5.10 Å². The second kappa shape index (κ2) is 8.80. The van der Waals surface area contributed by atoms with E-state index in [0.717, 1.165) is 43.3 Å². The van der Waals surface area contributed by atoms with E-state index in [-0.39, 0.29) is 23.5 Å². The van der Waals surface area contributed by atoms with Crippen molar-refractivity contribution in [3.63, 3.8) is 0 Å². The second-order valence-electron chi connectivity index (χ2n) is 9.89. The number of nitrogens with zero attached hydrogens (tertiary/aromatic N) is 4. The van der Waals surface area contributed by atoms with E-state index < -0.39 is 9.84 Å². The van der Waals surface area contributed by atoms with E-state index in [1.807, 2.05) is 30.0 Å². The fourth-order valence-electron chi connectivity index (χ4n) is 5.31. The summed E-state index contributed by atoms with van der Waals surface area (Å²) in [5, 5.41) is 5.46. The number of fused-ring (bicyclic) bond motifs is 1. The highest BCUT2D eigenvalue weighted by atomic mass is 32.2. The normalized spacial score (nSPS) is 22.4. The van der Waals surface area contributed by atoms with Gasteiger partial charge in [-0.05, 0) is 50.2 Å². The smallest absolute Gasteiger partial charge is 0.254 e. The lowest BCUT2D eigenvalue weighted by atomic mass is 9.98. The molecule has 4 heterocycles. The quantitative estimate of drug-likeness (QED) is 0.559. The van der Waals surface area contributed by atoms with Crippen LogP contribution in [0, 0.1) is 12.8 Å². The summed E-state index contributed by atoms with van der Waals surface area (Å²) < 4.78 is 26.2.